The lowest BCUT2D eigenvalue weighted by atomic mass is 10.3. The summed E-state index contributed by atoms with van der Waals surface area (Å²) in [6, 6.07) is 10.2. The number of rotatable bonds is 6. The maximum atomic E-state index is 11.6. The van der Waals surface area contributed by atoms with E-state index in [1.54, 1.807) is 11.8 Å². The fourth-order valence-corrected chi connectivity index (χ4v) is 2.64. The monoisotopic (exact) mass is 301 g/mol. The number of alkyl halides is 1. The van der Waals surface area contributed by atoms with Crippen LogP contribution in [0.25, 0.3) is 0 Å². The lowest BCUT2D eigenvalue weighted by Gasteiger charge is -2.11. The second kappa shape index (κ2) is 7.74. The number of benzene rings is 1. The van der Waals surface area contributed by atoms with Gasteiger partial charge in [0.25, 0.3) is 0 Å². The number of halogens is 1. The molecule has 0 aliphatic rings. The third-order valence-corrected chi connectivity index (χ3v) is 3.53. The van der Waals surface area contributed by atoms with E-state index in [1.165, 1.54) is 0 Å². The zero-order chi connectivity index (χ0) is 11.8. The third-order valence-electron chi connectivity index (χ3n) is 2.06. The first-order valence-corrected chi connectivity index (χ1v) is 7.36. The van der Waals surface area contributed by atoms with Gasteiger partial charge in [0.2, 0.25) is 5.91 Å². The molecule has 0 saturated heterocycles. The van der Waals surface area contributed by atoms with Gasteiger partial charge in [-0.2, -0.15) is 0 Å². The highest BCUT2D eigenvalue weighted by molar-refractivity contribution is 9.09. The molecule has 1 N–H and O–H groups in total. The molecule has 0 radical (unpaired) electrons. The minimum atomic E-state index is 0.0994. The van der Waals surface area contributed by atoms with E-state index in [9.17, 15) is 4.79 Å². The molecule has 1 amide bonds. The number of amides is 1. The topological polar surface area (TPSA) is 29.1 Å². The van der Waals surface area contributed by atoms with E-state index in [-0.39, 0.29) is 11.9 Å². The fourth-order valence-electron chi connectivity index (χ4n) is 1.22. The molecule has 1 aromatic carbocycles. The number of carbonyl (C=O) groups is 1. The van der Waals surface area contributed by atoms with E-state index in [0.29, 0.717) is 5.75 Å². The molecule has 2 nitrogen and oxygen atoms in total. The Morgan fingerprint density at radius 2 is 2.12 bits per heavy atom. The van der Waals surface area contributed by atoms with Crippen LogP contribution in [0.3, 0.4) is 0 Å². The lowest BCUT2D eigenvalue weighted by Crippen LogP contribution is -2.34. The van der Waals surface area contributed by atoms with Crippen molar-refractivity contribution in [2.75, 3.05) is 11.1 Å². The largest absolute Gasteiger partial charge is 0.353 e. The van der Waals surface area contributed by atoms with E-state index in [4.69, 9.17) is 0 Å². The molecule has 4 heteroatoms. The predicted molar refractivity (Wildman–Crippen MR) is 73.2 cm³/mol. The van der Waals surface area contributed by atoms with E-state index < -0.39 is 0 Å². The van der Waals surface area contributed by atoms with Crippen molar-refractivity contribution in [1.29, 1.82) is 0 Å². The van der Waals surface area contributed by atoms with Crippen LogP contribution in [-0.2, 0) is 4.79 Å². The Morgan fingerprint density at radius 3 is 2.75 bits per heavy atom. The smallest absolute Gasteiger partial charge is 0.230 e. The Labute approximate surface area is 109 Å². The Hall–Kier alpha value is -0.480. The minimum absolute atomic E-state index is 0.0994. The summed E-state index contributed by atoms with van der Waals surface area (Å²) in [5.41, 5.74) is 0. The number of carbonyl (C=O) groups excluding carboxylic acids is 1. The van der Waals surface area contributed by atoms with E-state index in [2.05, 4.69) is 21.2 Å². The van der Waals surface area contributed by atoms with Crippen molar-refractivity contribution in [2.24, 2.45) is 0 Å². The van der Waals surface area contributed by atoms with E-state index in [1.807, 2.05) is 37.3 Å². The van der Waals surface area contributed by atoms with Gasteiger partial charge in [-0.1, -0.05) is 34.1 Å². The highest BCUT2D eigenvalue weighted by Crippen LogP contribution is 2.16. The van der Waals surface area contributed by atoms with Crippen molar-refractivity contribution in [3.05, 3.63) is 30.3 Å². The van der Waals surface area contributed by atoms with Gasteiger partial charge >= 0.3 is 0 Å². The van der Waals surface area contributed by atoms with Crippen LogP contribution in [0.1, 0.15) is 13.3 Å². The first kappa shape index (κ1) is 13.6. The maximum absolute atomic E-state index is 11.6. The summed E-state index contributed by atoms with van der Waals surface area (Å²) in [5, 5.41) is 3.88. The van der Waals surface area contributed by atoms with Gasteiger partial charge in [0, 0.05) is 16.3 Å². The Balaban J connectivity index is 2.25. The Kier molecular flexibility index (Phi) is 6.57. The molecule has 1 unspecified atom stereocenters. The second-order valence-corrected chi connectivity index (χ2v) is 5.39. The standard InChI is InChI=1S/C12H16BrNOS/c1-10(7-8-13)14-12(15)9-16-11-5-3-2-4-6-11/h2-6,10H,7-9H2,1H3,(H,14,15). The van der Waals surface area contributed by atoms with Gasteiger partial charge in [0.05, 0.1) is 5.75 Å². The van der Waals surface area contributed by atoms with Crippen LogP contribution in [0.15, 0.2) is 35.2 Å². The highest BCUT2D eigenvalue weighted by Gasteiger charge is 2.06. The lowest BCUT2D eigenvalue weighted by molar-refractivity contribution is -0.119. The number of hydrogen-bond donors (Lipinski definition) is 1. The molecule has 0 spiro atoms. The van der Waals surface area contributed by atoms with Gasteiger partial charge in [-0.25, -0.2) is 0 Å². The molecular weight excluding hydrogens is 286 g/mol. The molecule has 16 heavy (non-hydrogen) atoms. The van der Waals surface area contributed by atoms with Crippen molar-refractivity contribution in [2.45, 2.75) is 24.3 Å². The normalized spacial score (nSPS) is 12.1. The summed E-state index contributed by atoms with van der Waals surface area (Å²) < 4.78 is 0. The average molecular weight is 302 g/mol. The van der Waals surface area contributed by atoms with Crippen molar-refractivity contribution in [1.82, 2.24) is 5.32 Å². The molecule has 1 aromatic rings. The van der Waals surface area contributed by atoms with Crippen molar-refractivity contribution >= 4 is 33.6 Å². The van der Waals surface area contributed by atoms with Gasteiger partial charge in [-0.15, -0.1) is 11.8 Å². The first-order chi connectivity index (χ1) is 7.72. The molecule has 0 aromatic heterocycles. The molecule has 88 valence electrons. The summed E-state index contributed by atoms with van der Waals surface area (Å²) in [7, 11) is 0. The summed E-state index contributed by atoms with van der Waals surface area (Å²) in [6.07, 6.45) is 0.960. The summed E-state index contributed by atoms with van der Waals surface area (Å²) in [6.45, 7) is 2.02. The molecule has 0 fully saturated rings. The van der Waals surface area contributed by atoms with Crippen molar-refractivity contribution < 1.29 is 4.79 Å². The Morgan fingerprint density at radius 1 is 1.44 bits per heavy atom. The van der Waals surface area contributed by atoms with Crippen LogP contribution in [0, 0.1) is 0 Å². The molecule has 0 aliphatic heterocycles. The van der Waals surface area contributed by atoms with Crippen LogP contribution >= 0.6 is 27.7 Å². The van der Waals surface area contributed by atoms with Gasteiger partial charge < -0.3 is 5.32 Å². The van der Waals surface area contributed by atoms with Gasteiger partial charge in [0.1, 0.15) is 0 Å². The van der Waals surface area contributed by atoms with Gasteiger partial charge in [-0.3, -0.25) is 4.79 Å². The minimum Gasteiger partial charge on any atom is -0.353 e. The zero-order valence-corrected chi connectivity index (χ0v) is 11.7. The van der Waals surface area contributed by atoms with Crippen LogP contribution in [0.2, 0.25) is 0 Å². The maximum Gasteiger partial charge on any atom is 0.230 e. The van der Waals surface area contributed by atoms with Crippen LogP contribution in [0.4, 0.5) is 0 Å². The molecule has 0 aliphatic carbocycles. The summed E-state index contributed by atoms with van der Waals surface area (Å²) >= 11 is 4.92. The van der Waals surface area contributed by atoms with Crippen molar-refractivity contribution in [3.8, 4) is 0 Å². The van der Waals surface area contributed by atoms with Crippen LogP contribution < -0.4 is 5.32 Å². The SMILES string of the molecule is CC(CCBr)NC(=O)CSc1ccccc1. The van der Waals surface area contributed by atoms with Crippen molar-refractivity contribution in [3.63, 3.8) is 0 Å². The quantitative estimate of drug-likeness (QED) is 0.646. The average Bonchev–Trinajstić information content (AvgIpc) is 2.28. The van der Waals surface area contributed by atoms with Crippen LogP contribution in [-0.4, -0.2) is 23.0 Å². The number of hydrogen-bond acceptors (Lipinski definition) is 2. The van der Waals surface area contributed by atoms with Crippen LogP contribution in [0.5, 0.6) is 0 Å². The van der Waals surface area contributed by atoms with Gasteiger partial charge in [-0.05, 0) is 25.5 Å². The molecular formula is C12H16BrNOS. The number of thioether (sulfide) groups is 1. The molecule has 0 saturated carbocycles. The molecule has 1 atom stereocenters. The summed E-state index contributed by atoms with van der Waals surface area (Å²) in [4.78, 5) is 12.7. The zero-order valence-electron chi connectivity index (χ0n) is 9.28. The molecule has 0 bridgehead atoms. The second-order valence-electron chi connectivity index (χ2n) is 3.55. The highest BCUT2D eigenvalue weighted by atomic mass is 79.9. The number of nitrogens with one attached hydrogen (secondary N) is 1. The third kappa shape index (κ3) is 5.56. The molecule has 0 heterocycles. The summed E-state index contributed by atoms with van der Waals surface area (Å²) in [5.74, 6) is 0.582. The first-order valence-electron chi connectivity index (χ1n) is 5.25. The van der Waals surface area contributed by atoms with E-state index >= 15 is 0 Å². The van der Waals surface area contributed by atoms with E-state index in [0.717, 1.165) is 16.6 Å². The van der Waals surface area contributed by atoms with Gasteiger partial charge in [0.15, 0.2) is 0 Å². The predicted octanol–water partition coefficient (Wildman–Crippen LogP) is 3.07. The Bertz CT molecular complexity index is 318. The fraction of sp³-hybridized carbons (Fsp3) is 0.417. The molecule has 1 rings (SSSR count).